The van der Waals surface area contributed by atoms with E-state index in [1.165, 1.54) is 11.3 Å². The van der Waals surface area contributed by atoms with Gasteiger partial charge in [0.2, 0.25) is 0 Å². The third-order valence-electron chi connectivity index (χ3n) is 3.35. The molecule has 2 aromatic carbocycles. The molecule has 1 heterocycles. The van der Waals surface area contributed by atoms with Crippen LogP contribution in [0.25, 0.3) is 20.8 Å². The first-order valence-electron chi connectivity index (χ1n) is 6.72. The highest BCUT2D eigenvalue weighted by atomic mass is 35.5. The largest absolute Gasteiger partial charge is 0.398 e. The standard InChI is InChI=1S/C16H14ClN3OS/c1-8(18)15(21)10-6-9(17)7-11(14(10)19)16-20-12-4-2-3-5-13(12)22-16/h2-8H,18-19H2,1H3. The molecule has 4 N–H and O–H groups in total. The van der Waals surface area contributed by atoms with E-state index in [9.17, 15) is 4.79 Å². The van der Waals surface area contributed by atoms with E-state index in [1.54, 1.807) is 19.1 Å². The van der Waals surface area contributed by atoms with Gasteiger partial charge >= 0.3 is 0 Å². The SMILES string of the molecule is CC(N)C(=O)c1cc(Cl)cc(-c2nc3ccccc3s2)c1N. The number of Topliss-reactive ketones (excluding diaryl/α,β-unsaturated/α-hetero) is 1. The third-order valence-corrected chi connectivity index (χ3v) is 4.64. The number of thiazole rings is 1. The maximum absolute atomic E-state index is 12.2. The van der Waals surface area contributed by atoms with Crippen molar-refractivity contribution in [1.29, 1.82) is 0 Å². The fraction of sp³-hybridized carbons (Fsp3) is 0.125. The van der Waals surface area contributed by atoms with Crippen molar-refractivity contribution in [3.63, 3.8) is 0 Å². The van der Waals surface area contributed by atoms with Crippen LogP contribution in [0.1, 0.15) is 17.3 Å². The number of carbonyl (C=O) groups excluding carboxylic acids is 1. The molecule has 1 aromatic heterocycles. The topological polar surface area (TPSA) is 82.0 Å². The van der Waals surface area contributed by atoms with Crippen LogP contribution in [0.4, 0.5) is 5.69 Å². The molecule has 3 rings (SSSR count). The lowest BCUT2D eigenvalue weighted by Gasteiger charge is -2.11. The number of halogens is 1. The Morgan fingerprint density at radius 1 is 1.32 bits per heavy atom. The number of para-hydroxylation sites is 1. The van der Waals surface area contributed by atoms with Crippen LogP contribution in [0.2, 0.25) is 5.02 Å². The first kappa shape index (κ1) is 15.0. The van der Waals surface area contributed by atoms with Crippen LogP contribution >= 0.6 is 22.9 Å². The monoisotopic (exact) mass is 331 g/mol. The second-order valence-electron chi connectivity index (χ2n) is 5.05. The van der Waals surface area contributed by atoms with Gasteiger partial charge in [-0.2, -0.15) is 0 Å². The summed E-state index contributed by atoms with van der Waals surface area (Å²) in [5.41, 5.74) is 14.1. The Morgan fingerprint density at radius 2 is 2.05 bits per heavy atom. The van der Waals surface area contributed by atoms with Crippen LogP contribution in [0.15, 0.2) is 36.4 Å². The number of hydrogen-bond acceptors (Lipinski definition) is 5. The summed E-state index contributed by atoms with van der Waals surface area (Å²) in [5.74, 6) is -0.234. The maximum atomic E-state index is 12.2. The summed E-state index contributed by atoms with van der Waals surface area (Å²) in [5, 5.41) is 1.17. The van der Waals surface area contributed by atoms with E-state index >= 15 is 0 Å². The fourth-order valence-corrected chi connectivity index (χ4v) is 3.45. The summed E-state index contributed by atoms with van der Waals surface area (Å²) in [6, 6.07) is 10.5. The lowest BCUT2D eigenvalue weighted by molar-refractivity contribution is 0.0969. The molecule has 1 unspecified atom stereocenters. The van der Waals surface area contributed by atoms with Gasteiger partial charge < -0.3 is 11.5 Å². The summed E-state index contributed by atoms with van der Waals surface area (Å²) < 4.78 is 1.05. The molecule has 0 aliphatic rings. The number of aromatic nitrogens is 1. The van der Waals surface area contributed by atoms with E-state index in [4.69, 9.17) is 23.1 Å². The van der Waals surface area contributed by atoms with Gasteiger partial charge in [0.1, 0.15) is 5.01 Å². The number of rotatable bonds is 3. The van der Waals surface area contributed by atoms with Gasteiger partial charge in [0.25, 0.3) is 0 Å². The summed E-state index contributed by atoms with van der Waals surface area (Å²) in [4.78, 5) is 16.8. The van der Waals surface area contributed by atoms with Crippen molar-refractivity contribution in [2.75, 3.05) is 5.73 Å². The molecule has 112 valence electrons. The van der Waals surface area contributed by atoms with Crippen molar-refractivity contribution in [1.82, 2.24) is 4.98 Å². The number of ketones is 1. The molecule has 6 heteroatoms. The van der Waals surface area contributed by atoms with Crippen LogP contribution < -0.4 is 11.5 Å². The van der Waals surface area contributed by atoms with Crippen LogP contribution in [0.3, 0.4) is 0 Å². The number of carbonyl (C=O) groups is 1. The van der Waals surface area contributed by atoms with Gasteiger partial charge in [-0.3, -0.25) is 4.79 Å². The molecular weight excluding hydrogens is 318 g/mol. The number of nitrogens with zero attached hydrogens (tertiary/aromatic N) is 1. The molecule has 0 saturated heterocycles. The zero-order chi connectivity index (χ0) is 15.9. The molecule has 0 bridgehead atoms. The van der Waals surface area contributed by atoms with Crippen molar-refractivity contribution in [3.8, 4) is 10.6 Å². The lowest BCUT2D eigenvalue weighted by atomic mass is 10.0. The molecule has 0 saturated carbocycles. The lowest BCUT2D eigenvalue weighted by Crippen LogP contribution is -2.27. The van der Waals surface area contributed by atoms with E-state index in [0.717, 1.165) is 15.2 Å². The first-order chi connectivity index (χ1) is 10.5. The maximum Gasteiger partial charge on any atom is 0.181 e. The van der Waals surface area contributed by atoms with E-state index in [2.05, 4.69) is 4.98 Å². The van der Waals surface area contributed by atoms with Crippen LogP contribution in [0.5, 0.6) is 0 Å². The van der Waals surface area contributed by atoms with Crippen LogP contribution in [-0.4, -0.2) is 16.8 Å². The normalized spacial score (nSPS) is 12.5. The molecule has 0 radical (unpaired) electrons. The predicted molar refractivity (Wildman–Crippen MR) is 92.5 cm³/mol. The number of anilines is 1. The molecule has 3 aromatic rings. The molecule has 0 spiro atoms. The average Bonchev–Trinajstić information content (AvgIpc) is 2.92. The fourth-order valence-electron chi connectivity index (χ4n) is 2.23. The smallest absolute Gasteiger partial charge is 0.181 e. The molecule has 1 atom stereocenters. The Kier molecular flexibility index (Phi) is 3.87. The zero-order valence-electron chi connectivity index (χ0n) is 11.8. The minimum atomic E-state index is -0.635. The zero-order valence-corrected chi connectivity index (χ0v) is 13.4. The Balaban J connectivity index is 2.20. The number of nitrogen functional groups attached to an aromatic ring is 1. The second kappa shape index (κ2) is 5.68. The number of fused-ring (bicyclic) bond motifs is 1. The average molecular weight is 332 g/mol. The van der Waals surface area contributed by atoms with Crippen molar-refractivity contribution in [3.05, 3.63) is 47.0 Å². The Morgan fingerprint density at radius 3 is 2.73 bits per heavy atom. The van der Waals surface area contributed by atoms with E-state index in [0.29, 0.717) is 21.8 Å². The molecule has 0 fully saturated rings. The number of benzene rings is 2. The minimum Gasteiger partial charge on any atom is -0.398 e. The van der Waals surface area contributed by atoms with Crippen LogP contribution in [0, 0.1) is 0 Å². The number of nitrogens with two attached hydrogens (primary N) is 2. The first-order valence-corrected chi connectivity index (χ1v) is 7.91. The molecular formula is C16H14ClN3OS. The quantitative estimate of drug-likeness (QED) is 0.566. The Hall–Kier alpha value is -1.95. The van der Waals surface area contributed by atoms with Gasteiger partial charge in [0.15, 0.2) is 5.78 Å². The highest BCUT2D eigenvalue weighted by Gasteiger charge is 2.19. The Labute approximate surface area is 136 Å². The van der Waals surface area contributed by atoms with E-state index in [-0.39, 0.29) is 5.78 Å². The van der Waals surface area contributed by atoms with Gasteiger partial charge in [0, 0.05) is 16.1 Å². The van der Waals surface area contributed by atoms with Crippen molar-refractivity contribution in [2.24, 2.45) is 5.73 Å². The van der Waals surface area contributed by atoms with Gasteiger partial charge in [0.05, 0.1) is 21.9 Å². The van der Waals surface area contributed by atoms with Gasteiger partial charge in [-0.1, -0.05) is 23.7 Å². The van der Waals surface area contributed by atoms with Crippen molar-refractivity contribution in [2.45, 2.75) is 13.0 Å². The molecule has 0 aliphatic heterocycles. The number of hydrogen-bond donors (Lipinski definition) is 2. The molecule has 4 nitrogen and oxygen atoms in total. The van der Waals surface area contributed by atoms with Gasteiger partial charge in [-0.15, -0.1) is 11.3 Å². The predicted octanol–water partition coefficient (Wildman–Crippen LogP) is 3.73. The summed E-state index contributed by atoms with van der Waals surface area (Å²) in [6.07, 6.45) is 0. The summed E-state index contributed by atoms with van der Waals surface area (Å²) >= 11 is 7.66. The van der Waals surface area contributed by atoms with E-state index in [1.807, 2.05) is 24.3 Å². The van der Waals surface area contributed by atoms with Crippen LogP contribution in [-0.2, 0) is 0 Å². The minimum absolute atomic E-state index is 0.234. The van der Waals surface area contributed by atoms with Crippen molar-refractivity contribution >= 4 is 44.6 Å². The molecule has 0 aliphatic carbocycles. The summed E-state index contributed by atoms with van der Waals surface area (Å²) in [6.45, 7) is 1.63. The highest BCUT2D eigenvalue weighted by molar-refractivity contribution is 7.21. The second-order valence-corrected chi connectivity index (χ2v) is 6.52. The van der Waals surface area contributed by atoms with Gasteiger partial charge in [-0.25, -0.2) is 4.98 Å². The van der Waals surface area contributed by atoms with Gasteiger partial charge in [-0.05, 0) is 31.2 Å². The Bertz CT molecular complexity index is 840. The summed E-state index contributed by atoms with van der Waals surface area (Å²) in [7, 11) is 0. The van der Waals surface area contributed by atoms with E-state index < -0.39 is 6.04 Å². The third kappa shape index (κ3) is 2.59. The highest BCUT2D eigenvalue weighted by Crippen LogP contribution is 2.37. The molecule has 0 amide bonds. The van der Waals surface area contributed by atoms with Crippen molar-refractivity contribution < 1.29 is 4.79 Å². The molecule has 22 heavy (non-hydrogen) atoms.